The fourth-order valence-electron chi connectivity index (χ4n) is 1.79. The van der Waals surface area contributed by atoms with E-state index in [1.54, 1.807) is 0 Å². The number of hydrogen-bond donors (Lipinski definition) is 0. The number of hydrogen-bond acceptors (Lipinski definition) is 2. The van der Waals surface area contributed by atoms with Gasteiger partial charge in [-0.05, 0) is 37.0 Å². The molecule has 0 amide bonds. The van der Waals surface area contributed by atoms with Gasteiger partial charge in [-0.25, -0.2) is 0 Å². The van der Waals surface area contributed by atoms with Gasteiger partial charge in [0.15, 0.2) is 0 Å². The van der Waals surface area contributed by atoms with E-state index >= 15 is 0 Å². The van der Waals surface area contributed by atoms with Gasteiger partial charge in [-0.3, -0.25) is 4.79 Å². The fourth-order valence-corrected chi connectivity index (χ4v) is 2.05. The van der Waals surface area contributed by atoms with Gasteiger partial charge in [-0.2, -0.15) is 0 Å². The van der Waals surface area contributed by atoms with E-state index in [1.807, 2.05) is 31.2 Å². The maximum Gasteiger partial charge on any atom is 0.306 e. The topological polar surface area (TPSA) is 26.3 Å². The van der Waals surface area contributed by atoms with Crippen molar-refractivity contribution in [3.05, 3.63) is 34.3 Å². The number of carbonyl (C=O) groups is 1. The van der Waals surface area contributed by atoms with Crippen LogP contribution in [0.3, 0.4) is 0 Å². The lowest BCUT2D eigenvalue weighted by atomic mass is 10.1. The monoisotopic (exact) mass is 282 g/mol. The van der Waals surface area contributed by atoms with Crippen LogP contribution in [0.25, 0.3) is 0 Å². The third-order valence-electron chi connectivity index (χ3n) is 2.84. The van der Waals surface area contributed by atoms with Gasteiger partial charge in [0.25, 0.3) is 0 Å². The summed E-state index contributed by atoms with van der Waals surface area (Å²) < 4.78 is 6.61. The number of rotatable bonds is 4. The summed E-state index contributed by atoms with van der Waals surface area (Å²) in [6.07, 6.45) is 3.25. The number of benzene rings is 1. The second-order valence-corrected chi connectivity index (χ2v) is 5.14. The van der Waals surface area contributed by atoms with Crippen molar-refractivity contribution in [2.45, 2.75) is 38.2 Å². The van der Waals surface area contributed by atoms with Crippen molar-refractivity contribution in [3.63, 3.8) is 0 Å². The molecule has 1 aliphatic rings. The van der Waals surface area contributed by atoms with E-state index in [4.69, 9.17) is 4.74 Å². The zero-order valence-electron chi connectivity index (χ0n) is 9.33. The van der Waals surface area contributed by atoms with Crippen molar-refractivity contribution in [3.8, 4) is 0 Å². The second kappa shape index (κ2) is 4.58. The molecular weight excluding hydrogens is 268 g/mol. The van der Waals surface area contributed by atoms with Crippen LogP contribution in [0.5, 0.6) is 0 Å². The quantitative estimate of drug-likeness (QED) is 0.786. The highest BCUT2D eigenvalue weighted by molar-refractivity contribution is 9.10. The van der Waals surface area contributed by atoms with Crippen LogP contribution in [-0.2, 0) is 15.1 Å². The van der Waals surface area contributed by atoms with Crippen molar-refractivity contribution in [2.24, 2.45) is 0 Å². The van der Waals surface area contributed by atoms with Gasteiger partial charge in [-0.1, -0.05) is 35.0 Å². The van der Waals surface area contributed by atoms with Gasteiger partial charge in [0.1, 0.15) is 5.60 Å². The summed E-state index contributed by atoms with van der Waals surface area (Å²) in [5.41, 5.74) is 0.799. The molecule has 0 atom stereocenters. The molecule has 0 spiro atoms. The first-order valence-corrected chi connectivity index (χ1v) is 6.43. The van der Waals surface area contributed by atoms with E-state index < -0.39 is 0 Å². The predicted octanol–water partition coefficient (Wildman–Crippen LogP) is 3.78. The summed E-state index contributed by atoms with van der Waals surface area (Å²) in [4.78, 5) is 11.5. The lowest BCUT2D eigenvalue weighted by Gasteiger charge is -2.17. The summed E-state index contributed by atoms with van der Waals surface area (Å²) in [6.45, 7) is 1.99. The molecule has 1 aliphatic carbocycles. The highest BCUT2D eigenvalue weighted by Gasteiger charge is 2.48. The molecule has 16 heavy (non-hydrogen) atoms. The van der Waals surface area contributed by atoms with E-state index in [9.17, 15) is 4.79 Å². The van der Waals surface area contributed by atoms with E-state index in [-0.39, 0.29) is 11.6 Å². The number of ether oxygens (including phenoxy) is 1. The van der Waals surface area contributed by atoms with Crippen LogP contribution in [0.4, 0.5) is 0 Å². The van der Waals surface area contributed by atoms with Crippen molar-refractivity contribution in [1.29, 1.82) is 0 Å². The van der Waals surface area contributed by atoms with Crippen LogP contribution in [0.15, 0.2) is 28.7 Å². The summed E-state index contributed by atoms with van der Waals surface area (Å²) in [5.74, 6) is -0.0806. The second-order valence-electron chi connectivity index (χ2n) is 4.23. The molecule has 0 heterocycles. The van der Waals surface area contributed by atoms with Crippen molar-refractivity contribution in [2.75, 3.05) is 0 Å². The molecule has 1 saturated carbocycles. The van der Waals surface area contributed by atoms with Crippen LogP contribution in [0.1, 0.15) is 38.2 Å². The normalized spacial score (nSPS) is 16.9. The highest BCUT2D eigenvalue weighted by atomic mass is 79.9. The minimum absolute atomic E-state index is 0.0806. The third kappa shape index (κ3) is 2.46. The van der Waals surface area contributed by atoms with Crippen LogP contribution in [-0.4, -0.2) is 5.97 Å². The third-order valence-corrected chi connectivity index (χ3v) is 3.37. The Balaban J connectivity index is 2.08. The minimum Gasteiger partial charge on any atom is -0.454 e. The average molecular weight is 283 g/mol. The molecule has 1 aromatic carbocycles. The van der Waals surface area contributed by atoms with Crippen LogP contribution in [0, 0.1) is 0 Å². The van der Waals surface area contributed by atoms with Gasteiger partial charge in [0.2, 0.25) is 0 Å². The summed E-state index contributed by atoms with van der Waals surface area (Å²) in [6, 6.07) is 8.03. The molecule has 2 nitrogen and oxygen atoms in total. The molecule has 0 aromatic heterocycles. The van der Waals surface area contributed by atoms with E-state index in [1.165, 1.54) is 0 Å². The van der Waals surface area contributed by atoms with Crippen LogP contribution >= 0.6 is 15.9 Å². The molecule has 0 aliphatic heterocycles. The number of esters is 1. The molecule has 0 unspecified atom stereocenters. The summed E-state index contributed by atoms with van der Waals surface area (Å²) in [7, 11) is 0. The predicted molar refractivity (Wildman–Crippen MR) is 66.1 cm³/mol. The smallest absolute Gasteiger partial charge is 0.306 e. The standard InChI is InChI=1S/C13H15BrO2/c1-2-3-12(15)16-13(8-9-13)10-4-6-11(14)7-5-10/h4-7H,2-3,8-9H2,1H3. The van der Waals surface area contributed by atoms with Crippen LogP contribution in [0.2, 0.25) is 0 Å². The Morgan fingerprint density at radius 2 is 2.00 bits per heavy atom. The molecule has 3 heteroatoms. The zero-order valence-corrected chi connectivity index (χ0v) is 10.9. The molecular formula is C13H15BrO2. The van der Waals surface area contributed by atoms with Gasteiger partial charge in [-0.15, -0.1) is 0 Å². The Hall–Kier alpha value is -0.830. The first kappa shape index (κ1) is 11.6. The molecule has 2 rings (SSSR count). The first-order valence-electron chi connectivity index (χ1n) is 5.64. The Morgan fingerprint density at radius 1 is 1.38 bits per heavy atom. The lowest BCUT2D eigenvalue weighted by Crippen LogP contribution is -2.17. The summed E-state index contributed by atoms with van der Waals surface area (Å²) >= 11 is 3.40. The molecule has 0 saturated heterocycles. The maximum atomic E-state index is 11.5. The van der Waals surface area contributed by atoms with Crippen molar-refractivity contribution in [1.82, 2.24) is 0 Å². The lowest BCUT2D eigenvalue weighted by molar-refractivity contribution is -0.151. The molecule has 0 radical (unpaired) electrons. The maximum absolute atomic E-state index is 11.5. The molecule has 1 aromatic rings. The first-order chi connectivity index (χ1) is 7.66. The minimum atomic E-state index is -0.313. The van der Waals surface area contributed by atoms with Gasteiger partial charge in [0, 0.05) is 10.9 Å². The van der Waals surface area contributed by atoms with E-state index in [0.29, 0.717) is 6.42 Å². The number of halogens is 1. The van der Waals surface area contributed by atoms with Gasteiger partial charge >= 0.3 is 5.97 Å². The molecule has 1 fully saturated rings. The van der Waals surface area contributed by atoms with Gasteiger partial charge < -0.3 is 4.74 Å². The van der Waals surface area contributed by atoms with Gasteiger partial charge in [0.05, 0.1) is 0 Å². The van der Waals surface area contributed by atoms with E-state index in [2.05, 4.69) is 15.9 Å². The van der Waals surface area contributed by atoms with Crippen molar-refractivity contribution >= 4 is 21.9 Å². The largest absolute Gasteiger partial charge is 0.454 e. The highest BCUT2D eigenvalue weighted by Crippen LogP contribution is 2.49. The SMILES string of the molecule is CCCC(=O)OC1(c2ccc(Br)cc2)CC1. The fraction of sp³-hybridized carbons (Fsp3) is 0.462. The Morgan fingerprint density at radius 3 is 2.50 bits per heavy atom. The Kier molecular flexibility index (Phi) is 3.33. The molecule has 0 N–H and O–H groups in total. The van der Waals surface area contributed by atoms with Crippen LogP contribution < -0.4 is 0 Å². The average Bonchev–Trinajstić information content (AvgIpc) is 3.00. The number of carbonyl (C=O) groups excluding carboxylic acids is 1. The Bertz CT molecular complexity index is 379. The summed E-state index contributed by atoms with van der Waals surface area (Å²) in [5, 5.41) is 0. The zero-order chi connectivity index (χ0) is 11.6. The molecule has 86 valence electrons. The Labute approximate surface area is 104 Å². The molecule has 0 bridgehead atoms. The van der Waals surface area contributed by atoms with E-state index in [0.717, 1.165) is 29.3 Å². The van der Waals surface area contributed by atoms with Crippen molar-refractivity contribution < 1.29 is 9.53 Å².